The SMILES string of the molecule is COc1cc(C)c(/C(O)=C2\C(=O)C(=O)N(Cc3ccc(F)cc3)C2c2ccc(O)c(Cl)c2)cc1C. The van der Waals surface area contributed by atoms with Gasteiger partial charge in [-0.25, -0.2) is 4.39 Å². The number of Topliss-reactive ketones (excluding diaryl/α,β-unsaturated/α-hetero) is 1. The quantitative estimate of drug-likeness (QED) is 0.280. The normalized spacial score (nSPS) is 17.2. The van der Waals surface area contributed by atoms with E-state index in [4.69, 9.17) is 16.3 Å². The summed E-state index contributed by atoms with van der Waals surface area (Å²) < 4.78 is 18.8. The van der Waals surface area contributed by atoms with Crippen LogP contribution in [0.3, 0.4) is 0 Å². The highest BCUT2D eigenvalue weighted by molar-refractivity contribution is 6.46. The lowest BCUT2D eigenvalue weighted by molar-refractivity contribution is -0.140. The second kappa shape index (κ2) is 9.43. The first-order chi connectivity index (χ1) is 16.6. The van der Waals surface area contributed by atoms with Gasteiger partial charge in [-0.3, -0.25) is 9.59 Å². The minimum absolute atomic E-state index is 0.00851. The van der Waals surface area contributed by atoms with Gasteiger partial charge < -0.3 is 19.8 Å². The van der Waals surface area contributed by atoms with Crippen molar-refractivity contribution in [1.82, 2.24) is 4.90 Å². The van der Waals surface area contributed by atoms with Crippen LogP contribution in [0.4, 0.5) is 4.39 Å². The Kier molecular flexibility index (Phi) is 6.54. The van der Waals surface area contributed by atoms with Crippen molar-refractivity contribution in [3.05, 3.63) is 98.8 Å². The number of benzene rings is 3. The zero-order valence-electron chi connectivity index (χ0n) is 19.3. The van der Waals surface area contributed by atoms with Gasteiger partial charge in [-0.05, 0) is 72.5 Å². The molecule has 1 unspecified atom stereocenters. The van der Waals surface area contributed by atoms with Crippen molar-refractivity contribution >= 4 is 29.1 Å². The third-order valence-corrected chi connectivity index (χ3v) is 6.39. The molecular formula is C27H23ClFNO5. The van der Waals surface area contributed by atoms with E-state index in [1.54, 1.807) is 26.0 Å². The second-order valence-corrected chi connectivity index (χ2v) is 8.81. The zero-order chi connectivity index (χ0) is 25.4. The Morgan fingerprint density at radius 3 is 2.37 bits per heavy atom. The van der Waals surface area contributed by atoms with Gasteiger partial charge in [0.2, 0.25) is 0 Å². The van der Waals surface area contributed by atoms with Gasteiger partial charge in [0.05, 0.1) is 23.7 Å². The van der Waals surface area contributed by atoms with E-state index in [1.807, 2.05) is 0 Å². The smallest absolute Gasteiger partial charge is 0.295 e. The van der Waals surface area contributed by atoms with Gasteiger partial charge in [0, 0.05) is 12.1 Å². The number of ketones is 1. The van der Waals surface area contributed by atoms with Crippen LogP contribution >= 0.6 is 11.6 Å². The maximum atomic E-state index is 13.4. The average Bonchev–Trinajstić information content (AvgIpc) is 3.08. The number of likely N-dealkylation sites (tertiary alicyclic amines) is 1. The van der Waals surface area contributed by atoms with Gasteiger partial charge in [-0.15, -0.1) is 0 Å². The Morgan fingerprint density at radius 2 is 1.74 bits per heavy atom. The summed E-state index contributed by atoms with van der Waals surface area (Å²) in [5, 5.41) is 21.3. The predicted molar refractivity (Wildman–Crippen MR) is 130 cm³/mol. The molecule has 1 amide bonds. The number of aliphatic hydroxyl groups excluding tert-OH is 1. The Hall–Kier alpha value is -3.84. The summed E-state index contributed by atoms with van der Waals surface area (Å²) >= 11 is 6.14. The molecule has 0 aromatic heterocycles. The number of phenolic OH excluding ortho intramolecular Hbond substituents is 1. The molecule has 3 aromatic carbocycles. The maximum Gasteiger partial charge on any atom is 0.295 e. The molecule has 1 aliphatic rings. The molecule has 2 N–H and O–H groups in total. The first-order valence-electron chi connectivity index (χ1n) is 10.8. The number of aromatic hydroxyl groups is 1. The molecular weight excluding hydrogens is 473 g/mol. The van der Waals surface area contributed by atoms with Gasteiger partial charge in [0.25, 0.3) is 11.7 Å². The monoisotopic (exact) mass is 495 g/mol. The van der Waals surface area contributed by atoms with Crippen LogP contribution in [0.15, 0.2) is 60.2 Å². The number of hydrogen-bond acceptors (Lipinski definition) is 5. The first-order valence-corrected chi connectivity index (χ1v) is 11.2. The van der Waals surface area contributed by atoms with E-state index in [9.17, 15) is 24.2 Å². The number of phenols is 1. The van der Waals surface area contributed by atoms with Gasteiger partial charge in [-0.2, -0.15) is 0 Å². The van der Waals surface area contributed by atoms with Gasteiger partial charge in [0.15, 0.2) is 0 Å². The molecule has 1 atom stereocenters. The van der Waals surface area contributed by atoms with Crippen LogP contribution in [0, 0.1) is 19.7 Å². The standard InChI is InChI=1S/C27H23ClFNO5/c1-14-11-22(35-3)15(2)10-19(14)25(32)23-24(17-6-9-21(31)20(28)12-17)30(27(34)26(23)33)13-16-4-7-18(29)8-5-16/h4-12,24,31-32H,13H2,1-3H3/b25-23+. The number of rotatable bonds is 5. The molecule has 180 valence electrons. The molecule has 4 rings (SSSR count). The third-order valence-electron chi connectivity index (χ3n) is 6.09. The number of hydrogen-bond donors (Lipinski definition) is 2. The number of carbonyl (C=O) groups is 2. The van der Waals surface area contributed by atoms with E-state index in [1.165, 1.54) is 54.5 Å². The molecule has 1 aliphatic heterocycles. The van der Waals surface area contributed by atoms with E-state index in [-0.39, 0.29) is 28.6 Å². The lowest BCUT2D eigenvalue weighted by Gasteiger charge is -2.26. The second-order valence-electron chi connectivity index (χ2n) is 8.40. The summed E-state index contributed by atoms with van der Waals surface area (Å²) in [5.41, 5.74) is 2.70. The van der Waals surface area contributed by atoms with Crippen LogP contribution in [0.5, 0.6) is 11.5 Å². The molecule has 0 saturated carbocycles. The lowest BCUT2D eigenvalue weighted by atomic mass is 9.93. The summed E-state index contributed by atoms with van der Waals surface area (Å²) in [6.07, 6.45) is 0. The van der Waals surface area contributed by atoms with Crippen molar-refractivity contribution in [3.8, 4) is 11.5 Å². The third kappa shape index (κ3) is 4.47. The molecule has 6 nitrogen and oxygen atoms in total. The van der Waals surface area contributed by atoms with Gasteiger partial charge >= 0.3 is 0 Å². The van der Waals surface area contributed by atoms with Crippen molar-refractivity contribution < 1.29 is 28.9 Å². The van der Waals surface area contributed by atoms with Gasteiger partial charge in [-0.1, -0.05) is 29.8 Å². The number of halogens is 2. The summed E-state index contributed by atoms with van der Waals surface area (Å²) in [6.45, 7) is 3.56. The van der Waals surface area contributed by atoms with Crippen molar-refractivity contribution in [2.75, 3.05) is 7.11 Å². The number of nitrogens with zero attached hydrogens (tertiary/aromatic N) is 1. The minimum atomic E-state index is -0.986. The fraction of sp³-hybridized carbons (Fsp3) is 0.185. The maximum absolute atomic E-state index is 13.4. The molecule has 1 heterocycles. The highest BCUT2D eigenvalue weighted by Crippen LogP contribution is 2.42. The fourth-order valence-electron chi connectivity index (χ4n) is 4.28. The van der Waals surface area contributed by atoms with Crippen LogP contribution in [0.2, 0.25) is 5.02 Å². The van der Waals surface area contributed by atoms with E-state index < -0.39 is 23.5 Å². The number of amides is 1. The molecule has 0 bridgehead atoms. The Balaban J connectivity index is 1.91. The predicted octanol–water partition coefficient (Wildman–Crippen LogP) is 5.43. The summed E-state index contributed by atoms with van der Waals surface area (Å²) in [4.78, 5) is 27.7. The van der Waals surface area contributed by atoms with Crippen LogP contribution in [0.25, 0.3) is 5.76 Å². The molecule has 8 heteroatoms. The largest absolute Gasteiger partial charge is 0.507 e. The molecule has 35 heavy (non-hydrogen) atoms. The summed E-state index contributed by atoms with van der Waals surface area (Å²) in [7, 11) is 1.54. The molecule has 3 aromatic rings. The average molecular weight is 496 g/mol. The van der Waals surface area contributed by atoms with E-state index in [2.05, 4.69) is 0 Å². The van der Waals surface area contributed by atoms with Crippen molar-refractivity contribution in [2.24, 2.45) is 0 Å². The van der Waals surface area contributed by atoms with Crippen LogP contribution in [0.1, 0.15) is 33.9 Å². The Labute approximate surface area is 206 Å². The Bertz CT molecular complexity index is 1370. The summed E-state index contributed by atoms with van der Waals surface area (Å²) in [5.74, 6) is -1.96. The lowest BCUT2D eigenvalue weighted by Crippen LogP contribution is -2.29. The van der Waals surface area contributed by atoms with E-state index >= 15 is 0 Å². The van der Waals surface area contributed by atoms with Crippen molar-refractivity contribution in [3.63, 3.8) is 0 Å². The zero-order valence-corrected chi connectivity index (χ0v) is 20.1. The minimum Gasteiger partial charge on any atom is -0.507 e. The highest BCUT2D eigenvalue weighted by atomic mass is 35.5. The van der Waals surface area contributed by atoms with Crippen LogP contribution in [-0.4, -0.2) is 33.9 Å². The number of methoxy groups -OCH3 is 1. The van der Waals surface area contributed by atoms with E-state index in [0.29, 0.717) is 28.0 Å². The topological polar surface area (TPSA) is 87.1 Å². The number of carbonyl (C=O) groups excluding carboxylic acids is 2. The number of aliphatic hydroxyl groups is 1. The first kappa shape index (κ1) is 24.3. The summed E-state index contributed by atoms with van der Waals surface area (Å²) in [6, 6.07) is 12.4. The van der Waals surface area contributed by atoms with Crippen LogP contribution < -0.4 is 4.74 Å². The molecule has 0 radical (unpaired) electrons. The highest BCUT2D eigenvalue weighted by Gasteiger charge is 2.46. The molecule has 1 fully saturated rings. The van der Waals surface area contributed by atoms with Crippen LogP contribution in [-0.2, 0) is 16.1 Å². The van der Waals surface area contributed by atoms with E-state index in [0.717, 1.165) is 5.56 Å². The van der Waals surface area contributed by atoms with Crippen molar-refractivity contribution in [1.29, 1.82) is 0 Å². The molecule has 0 spiro atoms. The molecule has 1 saturated heterocycles. The molecule has 0 aliphatic carbocycles. The van der Waals surface area contributed by atoms with Gasteiger partial charge in [0.1, 0.15) is 23.1 Å². The fourth-order valence-corrected chi connectivity index (χ4v) is 4.47. The van der Waals surface area contributed by atoms with Crippen molar-refractivity contribution in [2.45, 2.75) is 26.4 Å². The number of aryl methyl sites for hydroxylation is 2. The Morgan fingerprint density at radius 1 is 1.06 bits per heavy atom. The number of ether oxygens (including phenoxy) is 1.